The van der Waals surface area contributed by atoms with Crippen molar-refractivity contribution in [1.29, 1.82) is 0 Å². The highest BCUT2D eigenvalue weighted by molar-refractivity contribution is 5.35. The van der Waals surface area contributed by atoms with Crippen LogP contribution in [0.25, 0.3) is 0 Å². The van der Waals surface area contributed by atoms with Crippen LogP contribution in [-0.2, 0) is 0 Å². The monoisotopic (exact) mass is 273 g/mol. The molecule has 2 atom stereocenters. The Balaban J connectivity index is 2.53. The van der Waals surface area contributed by atoms with Gasteiger partial charge in [0.1, 0.15) is 5.75 Å². The first-order chi connectivity index (χ1) is 9.00. The highest BCUT2D eigenvalue weighted by Gasteiger charge is 2.13. The molecular formula is C14H21F2NO2. The van der Waals surface area contributed by atoms with Crippen molar-refractivity contribution in [1.82, 2.24) is 5.32 Å². The molecule has 0 heterocycles. The van der Waals surface area contributed by atoms with E-state index in [0.29, 0.717) is 5.56 Å². The Morgan fingerprint density at radius 1 is 1.26 bits per heavy atom. The molecule has 0 aromatic heterocycles. The molecule has 1 rings (SSSR count). The van der Waals surface area contributed by atoms with Gasteiger partial charge in [-0.2, -0.15) is 8.78 Å². The average molecular weight is 273 g/mol. The standard InChI is InChI=1S/C14H21F2NO2/c1-10(18)6-5-9-17-11(2)12-7-3-4-8-13(12)19-14(15)16/h3-4,7-8,10-11,14,17-18H,5-6,9H2,1-2H3. The third kappa shape index (κ3) is 5.98. The lowest BCUT2D eigenvalue weighted by molar-refractivity contribution is -0.0506. The maximum Gasteiger partial charge on any atom is 0.387 e. The molecule has 0 amide bonds. The maximum atomic E-state index is 12.3. The second-order valence-electron chi connectivity index (χ2n) is 4.58. The Hall–Kier alpha value is -1.20. The van der Waals surface area contributed by atoms with E-state index in [0.717, 1.165) is 19.4 Å². The molecule has 5 heteroatoms. The van der Waals surface area contributed by atoms with Crippen LogP contribution in [0.15, 0.2) is 24.3 Å². The zero-order valence-electron chi connectivity index (χ0n) is 11.3. The first kappa shape index (κ1) is 15.9. The number of benzene rings is 1. The average Bonchev–Trinajstić information content (AvgIpc) is 2.34. The van der Waals surface area contributed by atoms with Crippen LogP contribution < -0.4 is 10.1 Å². The molecule has 0 radical (unpaired) electrons. The fourth-order valence-corrected chi connectivity index (χ4v) is 1.87. The summed E-state index contributed by atoms with van der Waals surface area (Å²) in [5, 5.41) is 12.4. The van der Waals surface area contributed by atoms with Crippen LogP contribution in [0.5, 0.6) is 5.75 Å². The molecule has 0 spiro atoms. The van der Waals surface area contributed by atoms with Crippen molar-refractivity contribution in [2.24, 2.45) is 0 Å². The molecule has 0 aliphatic carbocycles. The molecule has 0 bridgehead atoms. The molecular weight excluding hydrogens is 252 g/mol. The van der Waals surface area contributed by atoms with Gasteiger partial charge in [-0.15, -0.1) is 0 Å². The van der Waals surface area contributed by atoms with Crippen molar-refractivity contribution in [2.75, 3.05) is 6.54 Å². The third-order valence-corrected chi connectivity index (χ3v) is 2.85. The molecule has 0 aliphatic heterocycles. The normalized spacial score (nSPS) is 14.4. The summed E-state index contributed by atoms with van der Waals surface area (Å²) in [6.07, 6.45) is 1.24. The first-order valence-electron chi connectivity index (χ1n) is 6.46. The van der Waals surface area contributed by atoms with Crippen molar-refractivity contribution in [3.05, 3.63) is 29.8 Å². The Kier molecular flexibility index (Phi) is 6.73. The van der Waals surface area contributed by atoms with Crippen LogP contribution in [0.2, 0.25) is 0 Å². The fourth-order valence-electron chi connectivity index (χ4n) is 1.87. The molecule has 1 aromatic carbocycles. The Labute approximate surface area is 112 Å². The second-order valence-corrected chi connectivity index (χ2v) is 4.58. The van der Waals surface area contributed by atoms with Crippen molar-refractivity contribution >= 4 is 0 Å². The molecule has 0 saturated carbocycles. The Bertz CT molecular complexity index is 372. The summed E-state index contributed by atoms with van der Waals surface area (Å²) in [6.45, 7) is 1.55. The fraction of sp³-hybridized carbons (Fsp3) is 0.571. The number of rotatable bonds is 8. The van der Waals surface area contributed by atoms with Crippen LogP contribution >= 0.6 is 0 Å². The first-order valence-corrected chi connectivity index (χ1v) is 6.46. The summed E-state index contributed by atoms with van der Waals surface area (Å²) >= 11 is 0. The predicted molar refractivity (Wildman–Crippen MR) is 70.4 cm³/mol. The summed E-state index contributed by atoms with van der Waals surface area (Å²) in [5.41, 5.74) is 0.708. The van der Waals surface area contributed by atoms with Crippen LogP contribution in [0.1, 0.15) is 38.3 Å². The maximum absolute atomic E-state index is 12.3. The minimum Gasteiger partial charge on any atom is -0.434 e. The summed E-state index contributed by atoms with van der Waals surface area (Å²) in [7, 11) is 0. The number of alkyl halides is 2. The van der Waals surface area contributed by atoms with Gasteiger partial charge in [0.25, 0.3) is 0 Å². The number of aliphatic hydroxyl groups excluding tert-OH is 1. The van der Waals surface area contributed by atoms with Gasteiger partial charge in [0.15, 0.2) is 0 Å². The Morgan fingerprint density at radius 2 is 1.95 bits per heavy atom. The van der Waals surface area contributed by atoms with Gasteiger partial charge in [-0.1, -0.05) is 18.2 Å². The number of aliphatic hydroxyl groups is 1. The van der Waals surface area contributed by atoms with Gasteiger partial charge in [0.2, 0.25) is 0 Å². The topological polar surface area (TPSA) is 41.5 Å². The predicted octanol–water partition coefficient (Wildman–Crippen LogP) is 3.10. The summed E-state index contributed by atoms with van der Waals surface area (Å²) in [5.74, 6) is 0.202. The van der Waals surface area contributed by atoms with E-state index >= 15 is 0 Å². The lowest BCUT2D eigenvalue weighted by atomic mass is 10.1. The van der Waals surface area contributed by atoms with Crippen molar-refractivity contribution in [3.8, 4) is 5.75 Å². The van der Waals surface area contributed by atoms with E-state index in [-0.39, 0.29) is 17.9 Å². The smallest absolute Gasteiger partial charge is 0.387 e. The quantitative estimate of drug-likeness (QED) is 0.715. The van der Waals surface area contributed by atoms with E-state index in [1.807, 2.05) is 6.92 Å². The van der Waals surface area contributed by atoms with E-state index in [2.05, 4.69) is 10.1 Å². The molecule has 3 nitrogen and oxygen atoms in total. The molecule has 2 N–H and O–H groups in total. The van der Waals surface area contributed by atoms with Gasteiger partial charge in [-0.05, 0) is 39.3 Å². The molecule has 0 fully saturated rings. The van der Waals surface area contributed by atoms with Crippen LogP contribution in [-0.4, -0.2) is 24.4 Å². The van der Waals surface area contributed by atoms with E-state index in [4.69, 9.17) is 5.11 Å². The number of ether oxygens (including phenoxy) is 1. The highest BCUT2D eigenvalue weighted by Crippen LogP contribution is 2.26. The number of hydrogen-bond acceptors (Lipinski definition) is 3. The van der Waals surface area contributed by atoms with E-state index in [9.17, 15) is 8.78 Å². The van der Waals surface area contributed by atoms with Crippen molar-refractivity contribution in [3.63, 3.8) is 0 Å². The van der Waals surface area contributed by atoms with Crippen LogP contribution in [0.3, 0.4) is 0 Å². The summed E-state index contributed by atoms with van der Waals surface area (Å²) in [4.78, 5) is 0. The van der Waals surface area contributed by atoms with Gasteiger partial charge in [0.05, 0.1) is 6.10 Å². The lowest BCUT2D eigenvalue weighted by Gasteiger charge is -2.18. The van der Waals surface area contributed by atoms with Crippen molar-refractivity contribution < 1.29 is 18.6 Å². The number of nitrogens with one attached hydrogen (secondary N) is 1. The van der Waals surface area contributed by atoms with Gasteiger partial charge < -0.3 is 15.2 Å². The highest BCUT2D eigenvalue weighted by atomic mass is 19.3. The summed E-state index contributed by atoms with van der Waals surface area (Å²) < 4.78 is 29.1. The van der Waals surface area contributed by atoms with Gasteiger partial charge in [-0.3, -0.25) is 0 Å². The van der Waals surface area contributed by atoms with Gasteiger partial charge >= 0.3 is 6.61 Å². The minimum absolute atomic E-state index is 0.0797. The van der Waals surface area contributed by atoms with Crippen LogP contribution in [0.4, 0.5) is 8.78 Å². The SMILES string of the molecule is CC(O)CCCNC(C)c1ccccc1OC(F)F. The molecule has 1 aromatic rings. The minimum atomic E-state index is -2.82. The Morgan fingerprint density at radius 3 is 2.58 bits per heavy atom. The van der Waals surface area contributed by atoms with E-state index in [1.165, 1.54) is 6.07 Å². The lowest BCUT2D eigenvalue weighted by Crippen LogP contribution is -2.21. The molecule has 0 saturated heterocycles. The van der Waals surface area contributed by atoms with Crippen molar-refractivity contribution in [2.45, 2.75) is 45.4 Å². The number of hydrogen-bond donors (Lipinski definition) is 2. The molecule has 2 unspecified atom stereocenters. The molecule has 0 aliphatic rings. The summed E-state index contributed by atoms with van der Waals surface area (Å²) in [6, 6.07) is 6.69. The third-order valence-electron chi connectivity index (χ3n) is 2.85. The zero-order valence-corrected chi connectivity index (χ0v) is 11.3. The van der Waals surface area contributed by atoms with E-state index < -0.39 is 6.61 Å². The molecule has 108 valence electrons. The van der Waals surface area contributed by atoms with Gasteiger partial charge in [0, 0.05) is 11.6 Å². The van der Waals surface area contributed by atoms with Crippen LogP contribution in [0, 0.1) is 0 Å². The van der Waals surface area contributed by atoms with Gasteiger partial charge in [-0.25, -0.2) is 0 Å². The largest absolute Gasteiger partial charge is 0.434 e. The van der Waals surface area contributed by atoms with E-state index in [1.54, 1.807) is 25.1 Å². The second kappa shape index (κ2) is 8.07. The number of para-hydroxylation sites is 1. The number of halogens is 2. The molecule has 19 heavy (non-hydrogen) atoms. The zero-order chi connectivity index (χ0) is 14.3.